The molecule has 10 atom stereocenters. The van der Waals surface area contributed by atoms with Gasteiger partial charge in [0, 0.05) is 5.92 Å². The summed E-state index contributed by atoms with van der Waals surface area (Å²) in [5.74, 6) is -1.41. The van der Waals surface area contributed by atoms with Gasteiger partial charge < -0.3 is 45.5 Å². The fraction of sp³-hybridized carbons (Fsp3) is 0.524. The van der Waals surface area contributed by atoms with Gasteiger partial charge in [0.05, 0.1) is 38.1 Å². The van der Waals surface area contributed by atoms with E-state index in [0.29, 0.717) is 0 Å². The number of nitrogen functional groups attached to an aromatic ring is 2. The Morgan fingerprint density at radius 1 is 0.889 bits per heavy atom. The highest BCUT2D eigenvalue weighted by Gasteiger charge is 2.53. The second-order valence-corrected chi connectivity index (χ2v) is 13.9. The fourth-order valence-corrected chi connectivity index (χ4v) is 8.05. The van der Waals surface area contributed by atoms with Crippen LogP contribution in [0, 0.1) is 5.92 Å². The quantitative estimate of drug-likeness (QED) is 0.113. The molecule has 3 saturated heterocycles. The van der Waals surface area contributed by atoms with E-state index in [1.807, 2.05) is 0 Å². The standard InChI is InChI=1S/C21H26N10O12P2/c22-15-10-16(25-4-24-15)30(5-26-10)20-13(33)14-9(42-20)2-39-44(35,36)3-7-12(32)8(1-40-45(37,38)43-14)41-19(7)31-6-27-11-17(31)28-21(23)29-18(11)34/h4-9,12-14,19-20,32-33H,1-3H2,(H,35,36)(H,37,38)(H2,22,24,25)(H3,23,28,29,34). The zero-order valence-corrected chi connectivity index (χ0v) is 24.5. The van der Waals surface area contributed by atoms with E-state index in [9.17, 15) is 33.9 Å². The summed E-state index contributed by atoms with van der Waals surface area (Å²) in [6, 6.07) is 0. The van der Waals surface area contributed by atoms with Gasteiger partial charge in [0.1, 0.15) is 42.5 Å². The molecule has 7 heterocycles. The number of aliphatic hydroxyl groups is 2. The van der Waals surface area contributed by atoms with Gasteiger partial charge in [-0.15, -0.1) is 0 Å². The Bertz CT molecular complexity index is 1940. The Balaban J connectivity index is 1.21. The molecule has 9 N–H and O–H groups in total. The van der Waals surface area contributed by atoms with E-state index >= 15 is 0 Å². The molecule has 10 unspecified atom stereocenters. The number of phosphoric ester groups is 1. The van der Waals surface area contributed by atoms with Crippen molar-refractivity contribution in [3.05, 3.63) is 29.3 Å². The van der Waals surface area contributed by atoms with Crippen molar-refractivity contribution in [2.75, 3.05) is 30.8 Å². The number of hydrogen-bond donors (Lipinski definition) is 7. The minimum atomic E-state index is -5.02. The number of aromatic amines is 1. The summed E-state index contributed by atoms with van der Waals surface area (Å²) in [5.41, 5.74) is 11.1. The van der Waals surface area contributed by atoms with Crippen LogP contribution in [0.3, 0.4) is 0 Å². The number of nitrogens with one attached hydrogen (secondary N) is 1. The largest absolute Gasteiger partial charge is 0.472 e. The number of aliphatic hydroxyl groups excluding tert-OH is 2. The number of phosphoric acid groups is 1. The van der Waals surface area contributed by atoms with Crippen LogP contribution in [0.5, 0.6) is 0 Å². The van der Waals surface area contributed by atoms with Gasteiger partial charge in [-0.05, 0) is 0 Å². The van der Waals surface area contributed by atoms with E-state index in [2.05, 4.69) is 29.9 Å². The number of nitrogens with two attached hydrogens (primary N) is 2. The summed E-state index contributed by atoms with van der Waals surface area (Å²) in [7, 11) is -9.64. The third-order valence-corrected chi connectivity index (χ3v) is 10.2. The van der Waals surface area contributed by atoms with E-state index in [0.717, 1.165) is 6.33 Å². The molecular formula is C21H26N10O12P2. The predicted octanol–water partition coefficient (Wildman–Crippen LogP) is -2.03. The Hall–Kier alpha value is -3.40. The number of anilines is 2. The van der Waals surface area contributed by atoms with E-state index in [-0.39, 0.29) is 34.1 Å². The van der Waals surface area contributed by atoms with Gasteiger partial charge in [-0.2, -0.15) is 4.98 Å². The van der Waals surface area contributed by atoms with Crippen molar-refractivity contribution in [2.24, 2.45) is 5.92 Å². The number of hydrogen-bond acceptors (Lipinski definition) is 17. The van der Waals surface area contributed by atoms with Gasteiger partial charge in [-0.1, -0.05) is 0 Å². The van der Waals surface area contributed by atoms with Crippen molar-refractivity contribution in [2.45, 2.75) is 43.0 Å². The lowest BCUT2D eigenvalue weighted by Crippen LogP contribution is -2.36. The van der Waals surface area contributed by atoms with Gasteiger partial charge >= 0.3 is 15.4 Å². The zero-order valence-electron chi connectivity index (χ0n) is 22.7. The van der Waals surface area contributed by atoms with E-state index in [1.54, 1.807) is 0 Å². The summed E-state index contributed by atoms with van der Waals surface area (Å²) < 4.78 is 56.6. The smallest absolute Gasteiger partial charge is 0.390 e. The molecule has 4 aromatic heterocycles. The third-order valence-electron chi connectivity index (χ3n) is 7.73. The predicted molar refractivity (Wildman–Crippen MR) is 147 cm³/mol. The number of H-pyrrole nitrogens is 1. The first-order valence-corrected chi connectivity index (χ1v) is 16.5. The third kappa shape index (κ3) is 5.32. The monoisotopic (exact) mass is 672 g/mol. The van der Waals surface area contributed by atoms with Crippen molar-refractivity contribution in [1.82, 2.24) is 39.0 Å². The number of nitrogens with zero attached hydrogens (tertiary/aromatic N) is 7. The summed E-state index contributed by atoms with van der Waals surface area (Å²) in [5, 5.41) is 22.3. The van der Waals surface area contributed by atoms with Crippen molar-refractivity contribution >= 4 is 49.5 Å². The highest BCUT2D eigenvalue weighted by atomic mass is 31.2. The molecule has 2 bridgehead atoms. The average molecular weight is 672 g/mol. The van der Waals surface area contributed by atoms with Crippen LogP contribution in [0.15, 0.2) is 23.8 Å². The topological polar surface area (TPSA) is 320 Å². The molecule has 0 radical (unpaired) electrons. The molecule has 0 amide bonds. The van der Waals surface area contributed by atoms with Gasteiger partial charge in [0.2, 0.25) is 5.95 Å². The number of ether oxygens (including phenoxy) is 2. The second kappa shape index (κ2) is 10.9. The molecule has 0 saturated carbocycles. The molecule has 24 heteroatoms. The van der Waals surface area contributed by atoms with Crippen LogP contribution >= 0.6 is 15.4 Å². The van der Waals surface area contributed by atoms with Crippen LogP contribution in [0.1, 0.15) is 12.5 Å². The van der Waals surface area contributed by atoms with Crippen molar-refractivity contribution < 1.29 is 52.2 Å². The highest BCUT2D eigenvalue weighted by molar-refractivity contribution is 7.52. The normalized spacial score (nSPS) is 37.7. The molecule has 45 heavy (non-hydrogen) atoms. The number of imidazole rings is 2. The Kier molecular flexibility index (Phi) is 7.30. The molecular weight excluding hydrogens is 646 g/mol. The van der Waals surface area contributed by atoms with Gasteiger partial charge in [-0.3, -0.25) is 32.5 Å². The first-order valence-electron chi connectivity index (χ1n) is 13.3. The highest BCUT2D eigenvalue weighted by Crippen LogP contribution is 2.54. The molecule has 0 aromatic carbocycles. The maximum absolute atomic E-state index is 13.4. The number of fused-ring (bicyclic) bond motifs is 5. The van der Waals surface area contributed by atoms with Gasteiger partial charge in [-0.25, -0.2) is 24.5 Å². The van der Waals surface area contributed by atoms with Gasteiger partial charge in [0.25, 0.3) is 5.56 Å². The summed E-state index contributed by atoms with van der Waals surface area (Å²) >= 11 is 0. The molecule has 7 rings (SSSR count). The Morgan fingerprint density at radius 2 is 1.58 bits per heavy atom. The van der Waals surface area contributed by atoms with Crippen LogP contribution in [0.4, 0.5) is 11.8 Å². The van der Waals surface area contributed by atoms with Crippen LogP contribution in [0.2, 0.25) is 0 Å². The first kappa shape index (κ1) is 30.3. The lowest BCUT2D eigenvalue weighted by atomic mass is 10.0. The molecule has 3 aliphatic rings. The maximum Gasteiger partial charge on any atom is 0.472 e. The first-order chi connectivity index (χ1) is 21.3. The molecule has 22 nitrogen and oxygen atoms in total. The molecule has 3 fully saturated rings. The maximum atomic E-state index is 13.4. The average Bonchev–Trinajstić information content (AvgIpc) is 3.72. The fourth-order valence-electron chi connectivity index (χ4n) is 5.67. The van der Waals surface area contributed by atoms with E-state index < -0.39 is 89.2 Å². The Labute approximate surface area is 250 Å². The zero-order chi connectivity index (χ0) is 31.8. The lowest BCUT2D eigenvalue weighted by Gasteiger charge is -2.25. The lowest BCUT2D eigenvalue weighted by molar-refractivity contribution is -0.0558. The SMILES string of the molecule is Nc1nc2c(ncn2C2OC3COP(=O)(O)OC4C(COP(=O)(O)CC2C3O)OC(n2cnc3c(N)ncnc32)C4O)c(=O)[nH]1. The van der Waals surface area contributed by atoms with Gasteiger partial charge in [0.15, 0.2) is 28.9 Å². The second-order valence-electron chi connectivity index (χ2n) is 10.6. The summed E-state index contributed by atoms with van der Waals surface area (Å²) in [6.45, 7) is -1.45. The summed E-state index contributed by atoms with van der Waals surface area (Å²) in [4.78, 5) is 56.3. The number of aromatic nitrogens is 8. The molecule has 242 valence electrons. The minimum Gasteiger partial charge on any atom is -0.390 e. The van der Waals surface area contributed by atoms with E-state index in [4.69, 9.17) is 34.5 Å². The van der Waals surface area contributed by atoms with Crippen LogP contribution in [-0.2, 0) is 32.2 Å². The van der Waals surface area contributed by atoms with Crippen molar-refractivity contribution in [1.29, 1.82) is 0 Å². The Morgan fingerprint density at radius 3 is 2.36 bits per heavy atom. The van der Waals surface area contributed by atoms with Crippen LogP contribution in [0.25, 0.3) is 22.3 Å². The molecule has 0 aliphatic carbocycles. The minimum absolute atomic E-state index is 0.0488. The number of rotatable bonds is 2. The van der Waals surface area contributed by atoms with E-state index in [1.165, 1.54) is 21.8 Å². The van der Waals surface area contributed by atoms with Crippen molar-refractivity contribution in [3.63, 3.8) is 0 Å². The van der Waals surface area contributed by atoms with Crippen molar-refractivity contribution in [3.8, 4) is 0 Å². The van der Waals surface area contributed by atoms with Crippen LogP contribution in [-0.4, -0.2) is 109 Å². The molecule has 3 aliphatic heterocycles. The molecule has 0 spiro atoms. The molecule has 4 aromatic rings. The summed E-state index contributed by atoms with van der Waals surface area (Å²) in [6.07, 6.45) is -7.29. The van der Waals surface area contributed by atoms with Crippen LogP contribution < -0.4 is 17.0 Å².